The second-order valence-electron chi connectivity index (χ2n) is 3.29. The van der Waals surface area contributed by atoms with Gasteiger partial charge in [0.2, 0.25) is 0 Å². The van der Waals surface area contributed by atoms with Gasteiger partial charge in [0.1, 0.15) is 0 Å². The van der Waals surface area contributed by atoms with Gasteiger partial charge in [-0.3, -0.25) is 4.79 Å². The minimum absolute atomic E-state index is 0.0376. The minimum Gasteiger partial charge on any atom is -0.469 e. The van der Waals surface area contributed by atoms with Crippen LogP contribution in [-0.4, -0.2) is 13.1 Å². The van der Waals surface area contributed by atoms with Gasteiger partial charge in [0.05, 0.1) is 13.0 Å². The van der Waals surface area contributed by atoms with E-state index in [0.717, 1.165) is 12.8 Å². The summed E-state index contributed by atoms with van der Waals surface area (Å²) in [5, 5.41) is 0. The fourth-order valence-corrected chi connectivity index (χ4v) is 1.31. The summed E-state index contributed by atoms with van der Waals surface area (Å²) in [6.07, 6.45) is 2.09. The molecule has 0 aliphatic heterocycles. The van der Waals surface area contributed by atoms with Crippen molar-refractivity contribution in [2.75, 3.05) is 7.11 Å². The van der Waals surface area contributed by atoms with Crippen LogP contribution in [0.3, 0.4) is 0 Å². The Kier molecular flexibility index (Phi) is 1.71. The Morgan fingerprint density at radius 2 is 2.40 bits per heavy atom. The Hall–Kier alpha value is -0.530. The number of hydrogen-bond donors (Lipinski definition) is 0. The first-order valence-electron chi connectivity index (χ1n) is 3.72. The van der Waals surface area contributed by atoms with Gasteiger partial charge in [-0.15, -0.1) is 0 Å². The SMILES string of the molecule is CC[C@]1(C)C[C@@H]1C(=O)OC. The lowest BCUT2D eigenvalue weighted by Crippen LogP contribution is -2.08. The van der Waals surface area contributed by atoms with E-state index in [4.69, 9.17) is 0 Å². The Morgan fingerprint density at radius 3 is 2.70 bits per heavy atom. The van der Waals surface area contributed by atoms with Crippen LogP contribution >= 0.6 is 0 Å². The molecule has 1 aliphatic rings. The van der Waals surface area contributed by atoms with Crippen molar-refractivity contribution in [1.29, 1.82) is 0 Å². The molecule has 0 radical (unpaired) electrons. The highest BCUT2D eigenvalue weighted by Gasteiger charge is 2.53. The molecule has 0 unspecified atom stereocenters. The lowest BCUT2D eigenvalue weighted by Gasteiger charge is -2.04. The molecule has 2 nitrogen and oxygen atoms in total. The molecule has 1 fully saturated rings. The molecule has 0 heterocycles. The predicted molar refractivity (Wildman–Crippen MR) is 38.5 cm³/mol. The van der Waals surface area contributed by atoms with E-state index in [9.17, 15) is 4.79 Å². The molecule has 2 atom stereocenters. The second kappa shape index (κ2) is 2.26. The first kappa shape index (κ1) is 7.58. The van der Waals surface area contributed by atoms with Crippen LogP contribution in [0.4, 0.5) is 0 Å². The maximum Gasteiger partial charge on any atom is 0.309 e. The summed E-state index contributed by atoms with van der Waals surface area (Å²) >= 11 is 0. The summed E-state index contributed by atoms with van der Waals surface area (Å²) in [5.41, 5.74) is 0.257. The summed E-state index contributed by atoms with van der Waals surface area (Å²) in [5.74, 6) is 0.145. The molecule has 0 N–H and O–H groups in total. The summed E-state index contributed by atoms with van der Waals surface area (Å²) in [6.45, 7) is 4.25. The van der Waals surface area contributed by atoms with Crippen molar-refractivity contribution in [3.8, 4) is 0 Å². The van der Waals surface area contributed by atoms with Gasteiger partial charge < -0.3 is 4.74 Å². The average Bonchev–Trinajstić information content (AvgIpc) is 2.62. The highest BCUT2D eigenvalue weighted by molar-refractivity contribution is 5.76. The third-order valence-corrected chi connectivity index (χ3v) is 2.64. The van der Waals surface area contributed by atoms with Crippen molar-refractivity contribution in [3.05, 3.63) is 0 Å². The maximum absolute atomic E-state index is 10.9. The first-order valence-corrected chi connectivity index (χ1v) is 3.72. The van der Waals surface area contributed by atoms with E-state index < -0.39 is 0 Å². The molecule has 0 bridgehead atoms. The normalized spacial score (nSPS) is 37.3. The van der Waals surface area contributed by atoms with Crippen molar-refractivity contribution in [3.63, 3.8) is 0 Å². The van der Waals surface area contributed by atoms with Gasteiger partial charge in [-0.25, -0.2) is 0 Å². The van der Waals surface area contributed by atoms with Crippen LogP contribution in [0.15, 0.2) is 0 Å². The third kappa shape index (κ3) is 1.02. The van der Waals surface area contributed by atoms with Gasteiger partial charge in [-0.2, -0.15) is 0 Å². The molecule has 0 aromatic carbocycles. The van der Waals surface area contributed by atoms with Crippen LogP contribution in [0.5, 0.6) is 0 Å². The first-order chi connectivity index (χ1) is 4.64. The van der Waals surface area contributed by atoms with Gasteiger partial charge in [-0.1, -0.05) is 13.8 Å². The van der Waals surface area contributed by atoms with Gasteiger partial charge in [-0.05, 0) is 18.3 Å². The largest absolute Gasteiger partial charge is 0.469 e. The van der Waals surface area contributed by atoms with Gasteiger partial charge in [0.15, 0.2) is 0 Å². The van der Waals surface area contributed by atoms with E-state index in [-0.39, 0.29) is 17.3 Å². The molecule has 1 rings (SSSR count). The molecular formula is C8H14O2. The lowest BCUT2D eigenvalue weighted by atomic mass is 10.0. The van der Waals surface area contributed by atoms with Gasteiger partial charge >= 0.3 is 5.97 Å². The number of carbonyl (C=O) groups is 1. The average molecular weight is 142 g/mol. The van der Waals surface area contributed by atoms with Crippen molar-refractivity contribution < 1.29 is 9.53 Å². The Balaban J connectivity index is 2.44. The molecule has 2 heteroatoms. The van der Waals surface area contributed by atoms with Gasteiger partial charge in [0, 0.05) is 0 Å². The van der Waals surface area contributed by atoms with Gasteiger partial charge in [0.25, 0.3) is 0 Å². The summed E-state index contributed by atoms with van der Waals surface area (Å²) < 4.78 is 4.63. The Labute approximate surface area is 61.6 Å². The van der Waals surface area contributed by atoms with Crippen molar-refractivity contribution >= 4 is 5.97 Å². The molecule has 0 saturated heterocycles. The van der Waals surface area contributed by atoms with E-state index >= 15 is 0 Å². The number of hydrogen-bond acceptors (Lipinski definition) is 2. The molecule has 58 valence electrons. The molecule has 0 amide bonds. The lowest BCUT2D eigenvalue weighted by molar-refractivity contribution is -0.143. The summed E-state index contributed by atoms with van der Waals surface area (Å²) in [4.78, 5) is 10.9. The van der Waals surface area contributed by atoms with Crippen LogP contribution < -0.4 is 0 Å². The van der Waals surface area contributed by atoms with Crippen molar-refractivity contribution in [2.24, 2.45) is 11.3 Å². The molecule has 0 aromatic rings. The monoisotopic (exact) mass is 142 g/mol. The van der Waals surface area contributed by atoms with Crippen LogP contribution in [-0.2, 0) is 9.53 Å². The standard InChI is InChI=1S/C8H14O2/c1-4-8(2)5-6(8)7(9)10-3/h6H,4-5H2,1-3H3/t6-,8-/m1/s1. The molecule has 0 spiro atoms. The van der Waals surface area contributed by atoms with Crippen LogP contribution in [0, 0.1) is 11.3 Å². The topological polar surface area (TPSA) is 26.3 Å². The molecular weight excluding hydrogens is 128 g/mol. The molecule has 1 saturated carbocycles. The zero-order valence-electron chi connectivity index (χ0n) is 6.81. The second-order valence-corrected chi connectivity index (χ2v) is 3.29. The number of rotatable bonds is 2. The van der Waals surface area contributed by atoms with Crippen LogP contribution in [0.2, 0.25) is 0 Å². The highest BCUT2D eigenvalue weighted by Crippen LogP contribution is 2.55. The smallest absolute Gasteiger partial charge is 0.309 e. The van der Waals surface area contributed by atoms with Crippen LogP contribution in [0.25, 0.3) is 0 Å². The van der Waals surface area contributed by atoms with E-state index in [2.05, 4.69) is 18.6 Å². The zero-order valence-corrected chi connectivity index (χ0v) is 6.81. The minimum atomic E-state index is -0.0376. The van der Waals surface area contributed by atoms with Crippen molar-refractivity contribution in [1.82, 2.24) is 0 Å². The zero-order chi connectivity index (χ0) is 7.78. The van der Waals surface area contributed by atoms with E-state index in [1.165, 1.54) is 7.11 Å². The molecule has 10 heavy (non-hydrogen) atoms. The quantitative estimate of drug-likeness (QED) is 0.547. The number of carbonyl (C=O) groups excluding carboxylic acids is 1. The maximum atomic E-state index is 10.9. The third-order valence-electron chi connectivity index (χ3n) is 2.64. The Bertz CT molecular complexity index is 153. The molecule has 0 aromatic heterocycles. The fourth-order valence-electron chi connectivity index (χ4n) is 1.31. The molecule has 1 aliphatic carbocycles. The Morgan fingerprint density at radius 1 is 1.80 bits per heavy atom. The summed E-state index contributed by atoms with van der Waals surface area (Å²) in [6, 6.07) is 0. The summed E-state index contributed by atoms with van der Waals surface area (Å²) in [7, 11) is 1.46. The van der Waals surface area contributed by atoms with E-state index in [1.807, 2.05) is 0 Å². The van der Waals surface area contributed by atoms with Crippen molar-refractivity contribution in [2.45, 2.75) is 26.7 Å². The van der Waals surface area contributed by atoms with E-state index in [1.54, 1.807) is 0 Å². The number of esters is 1. The highest BCUT2D eigenvalue weighted by atomic mass is 16.5. The predicted octanol–water partition coefficient (Wildman–Crippen LogP) is 1.60. The van der Waals surface area contributed by atoms with Crippen LogP contribution in [0.1, 0.15) is 26.7 Å². The fraction of sp³-hybridized carbons (Fsp3) is 0.875. The number of methoxy groups -OCH3 is 1. The van der Waals surface area contributed by atoms with E-state index in [0.29, 0.717) is 0 Å². The number of ether oxygens (including phenoxy) is 1.